The third-order valence-electron chi connectivity index (χ3n) is 5.02. The fraction of sp³-hybridized carbons (Fsp3) is 0.160. The summed E-state index contributed by atoms with van der Waals surface area (Å²) >= 11 is 7.37. The van der Waals surface area contributed by atoms with E-state index in [0.29, 0.717) is 27.4 Å². The monoisotopic (exact) mass is 478 g/mol. The van der Waals surface area contributed by atoms with E-state index in [1.807, 2.05) is 66.9 Å². The quantitative estimate of drug-likeness (QED) is 0.329. The van der Waals surface area contributed by atoms with Gasteiger partial charge in [0.05, 0.1) is 17.9 Å². The summed E-state index contributed by atoms with van der Waals surface area (Å²) in [5.74, 6) is 1.18. The zero-order valence-corrected chi connectivity index (χ0v) is 20.0. The van der Waals surface area contributed by atoms with Gasteiger partial charge in [-0.1, -0.05) is 59.3 Å². The number of amides is 1. The van der Waals surface area contributed by atoms with Crippen molar-refractivity contribution in [2.24, 2.45) is 0 Å². The molecule has 6 nitrogen and oxygen atoms in total. The number of thioether (sulfide) groups is 1. The summed E-state index contributed by atoms with van der Waals surface area (Å²) in [6.45, 7) is 3.87. The molecule has 168 valence electrons. The van der Waals surface area contributed by atoms with Crippen molar-refractivity contribution in [2.45, 2.75) is 24.3 Å². The van der Waals surface area contributed by atoms with Crippen molar-refractivity contribution < 1.29 is 9.53 Å². The Labute approximate surface area is 202 Å². The Balaban J connectivity index is 1.68. The van der Waals surface area contributed by atoms with Crippen LogP contribution in [0.2, 0.25) is 5.02 Å². The van der Waals surface area contributed by atoms with E-state index in [1.165, 1.54) is 11.8 Å². The molecule has 8 heteroatoms. The molecule has 0 bridgehead atoms. The number of anilines is 1. The van der Waals surface area contributed by atoms with Crippen LogP contribution in [0, 0.1) is 6.92 Å². The smallest absolute Gasteiger partial charge is 0.237 e. The van der Waals surface area contributed by atoms with Gasteiger partial charge in [-0.25, -0.2) is 0 Å². The number of para-hydroxylation sites is 1. The van der Waals surface area contributed by atoms with Gasteiger partial charge in [-0.15, -0.1) is 10.2 Å². The summed E-state index contributed by atoms with van der Waals surface area (Å²) in [5.41, 5.74) is 3.51. The summed E-state index contributed by atoms with van der Waals surface area (Å²) in [6, 6.07) is 22.8. The molecule has 0 unspecified atom stereocenters. The van der Waals surface area contributed by atoms with E-state index in [2.05, 4.69) is 15.5 Å². The van der Waals surface area contributed by atoms with Gasteiger partial charge in [0.1, 0.15) is 5.75 Å². The molecule has 0 saturated carbocycles. The maximum absolute atomic E-state index is 12.8. The van der Waals surface area contributed by atoms with Crippen molar-refractivity contribution in [3.63, 3.8) is 0 Å². The molecule has 0 aliphatic heterocycles. The molecule has 1 heterocycles. The molecule has 1 N–H and O–H groups in total. The van der Waals surface area contributed by atoms with Crippen LogP contribution in [0.15, 0.2) is 78.0 Å². The molecule has 0 saturated heterocycles. The fourth-order valence-electron chi connectivity index (χ4n) is 3.30. The third kappa shape index (κ3) is 5.21. The zero-order chi connectivity index (χ0) is 23.4. The first kappa shape index (κ1) is 22.9. The Hall–Kier alpha value is -3.29. The number of hydrogen-bond donors (Lipinski definition) is 1. The second-order valence-corrected chi connectivity index (χ2v) is 9.18. The lowest BCUT2D eigenvalue weighted by molar-refractivity contribution is -0.115. The predicted molar refractivity (Wildman–Crippen MR) is 133 cm³/mol. The number of aryl methyl sites for hydroxylation is 1. The standard InChI is InChI=1S/C25H23ClN4O2S/c1-16-11-13-20(14-12-16)30-23(21-9-4-5-10-22(21)32-3)28-29-25(30)33-17(2)24(31)27-19-8-6-7-18(26)15-19/h4-15,17H,1-3H3,(H,27,31)/t17-/m1/s1. The minimum absolute atomic E-state index is 0.153. The molecule has 3 aromatic carbocycles. The van der Waals surface area contributed by atoms with Crippen molar-refractivity contribution in [1.29, 1.82) is 0 Å². The lowest BCUT2D eigenvalue weighted by Crippen LogP contribution is -2.22. The summed E-state index contributed by atoms with van der Waals surface area (Å²) < 4.78 is 7.50. The van der Waals surface area contributed by atoms with E-state index in [9.17, 15) is 4.79 Å². The molecule has 4 aromatic rings. The summed E-state index contributed by atoms with van der Waals surface area (Å²) in [4.78, 5) is 12.8. The number of ether oxygens (including phenoxy) is 1. The molecule has 0 fully saturated rings. The first-order chi connectivity index (χ1) is 16.0. The second-order valence-electron chi connectivity index (χ2n) is 7.44. The molecule has 0 aliphatic rings. The first-order valence-electron chi connectivity index (χ1n) is 10.3. The van der Waals surface area contributed by atoms with Gasteiger partial charge < -0.3 is 10.1 Å². The van der Waals surface area contributed by atoms with Crippen molar-refractivity contribution in [2.75, 3.05) is 12.4 Å². The molecule has 1 atom stereocenters. The number of nitrogens with one attached hydrogen (secondary N) is 1. The highest BCUT2D eigenvalue weighted by molar-refractivity contribution is 8.00. The van der Waals surface area contributed by atoms with Crippen molar-refractivity contribution in [1.82, 2.24) is 14.8 Å². The molecule has 4 rings (SSSR count). The van der Waals surface area contributed by atoms with Crippen LogP contribution in [0.1, 0.15) is 12.5 Å². The van der Waals surface area contributed by atoms with E-state index in [1.54, 1.807) is 31.4 Å². The lowest BCUT2D eigenvalue weighted by Gasteiger charge is -2.15. The Morgan fingerprint density at radius 2 is 1.82 bits per heavy atom. The minimum atomic E-state index is -0.428. The number of hydrogen-bond acceptors (Lipinski definition) is 5. The zero-order valence-electron chi connectivity index (χ0n) is 18.4. The van der Waals surface area contributed by atoms with Crippen LogP contribution in [0.5, 0.6) is 5.75 Å². The van der Waals surface area contributed by atoms with Crippen LogP contribution >= 0.6 is 23.4 Å². The number of nitrogens with zero attached hydrogens (tertiary/aromatic N) is 3. The number of carbonyl (C=O) groups excluding carboxylic acids is 1. The molecule has 33 heavy (non-hydrogen) atoms. The average Bonchev–Trinajstić information content (AvgIpc) is 3.22. The van der Waals surface area contributed by atoms with E-state index in [4.69, 9.17) is 16.3 Å². The molecule has 1 aromatic heterocycles. The van der Waals surface area contributed by atoms with Crippen LogP contribution in [0.4, 0.5) is 5.69 Å². The van der Waals surface area contributed by atoms with E-state index in [-0.39, 0.29) is 5.91 Å². The normalized spacial score (nSPS) is 11.8. The summed E-state index contributed by atoms with van der Waals surface area (Å²) in [6.07, 6.45) is 0. The molecule has 1 amide bonds. The maximum Gasteiger partial charge on any atom is 0.237 e. The van der Waals surface area contributed by atoms with Gasteiger partial charge in [0.15, 0.2) is 11.0 Å². The summed E-state index contributed by atoms with van der Waals surface area (Å²) in [7, 11) is 1.63. The van der Waals surface area contributed by atoms with Gasteiger partial charge in [0.2, 0.25) is 5.91 Å². The minimum Gasteiger partial charge on any atom is -0.496 e. The lowest BCUT2D eigenvalue weighted by atomic mass is 10.1. The van der Waals surface area contributed by atoms with Crippen molar-refractivity contribution >= 4 is 35.0 Å². The van der Waals surface area contributed by atoms with Crippen LogP contribution in [0.25, 0.3) is 17.1 Å². The Morgan fingerprint density at radius 3 is 2.55 bits per heavy atom. The van der Waals surface area contributed by atoms with Crippen LogP contribution in [0.3, 0.4) is 0 Å². The molecule has 0 radical (unpaired) electrons. The molecule has 0 spiro atoms. The number of halogens is 1. The number of rotatable bonds is 7. The number of carbonyl (C=O) groups is 1. The van der Waals surface area contributed by atoms with Crippen molar-refractivity contribution in [3.8, 4) is 22.8 Å². The van der Waals surface area contributed by atoms with Gasteiger partial charge in [0.25, 0.3) is 0 Å². The number of aromatic nitrogens is 3. The van der Waals surface area contributed by atoms with Crippen LogP contribution in [-0.2, 0) is 4.79 Å². The van der Waals surface area contributed by atoms with Gasteiger partial charge >= 0.3 is 0 Å². The molecule has 0 aliphatic carbocycles. The SMILES string of the molecule is COc1ccccc1-c1nnc(S[C@H](C)C(=O)Nc2cccc(Cl)c2)n1-c1ccc(C)cc1. The summed E-state index contributed by atoms with van der Waals surface area (Å²) in [5, 5.41) is 12.5. The number of methoxy groups -OCH3 is 1. The average molecular weight is 479 g/mol. The van der Waals surface area contributed by atoms with Gasteiger partial charge in [-0.05, 0) is 56.3 Å². The highest BCUT2D eigenvalue weighted by Gasteiger charge is 2.23. The molecular formula is C25H23ClN4O2S. The van der Waals surface area contributed by atoms with Gasteiger partial charge in [-0.3, -0.25) is 9.36 Å². The van der Waals surface area contributed by atoms with E-state index >= 15 is 0 Å². The first-order valence-corrected chi connectivity index (χ1v) is 11.6. The van der Waals surface area contributed by atoms with Crippen molar-refractivity contribution in [3.05, 3.63) is 83.4 Å². The second kappa shape index (κ2) is 10.1. The highest BCUT2D eigenvalue weighted by Crippen LogP contribution is 2.34. The Morgan fingerprint density at radius 1 is 1.06 bits per heavy atom. The Bertz CT molecular complexity index is 1270. The largest absolute Gasteiger partial charge is 0.496 e. The number of benzene rings is 3. The third-order valence-corrected chi connectivity index (χ3v) is 6.29. The van der Waals surface area contributed by atoms with Crippen LogP contribution in [-0.4, -0.2) is 33.0 Å². The predicted octanol–water partition coefficient (Wildman–Crippen LogP) is 6.02. The van der Waals surface area contributed by atoms with Crippen LogP contribution < -0.4 is 10.1 Å². The van der Waals surface area contributed by atoms with E-state index in [0.717, 1.165) is 16.8 Å². The fourth-order valence-corrected chi connectivity index (χ4v) is 4.36. The maximum atomic E-state index is 12.8. The van der Waals surface area contributed by atoms with Gasteiger partial charge in [0, 0.05) is 16.4 Å². The Kier molecular flexibility index (Phi) is 7.01. The molecular weight excluding hydrogens is 456 g/mol. The van der Waals surface area contributed by atoms with E-state index < -0.39 is 5.25 Å². The highest BCUT2D eigenvalue weighted by atomic mass is 35.5. The van der Waals surface area contributed by atoms with Gasteiger partial charge in [-0.2, -0.15) is 0 Å². The topological polar surface area (TPSA) is 69.0 Å².